The lowest BCUT2D eigenvalue weighted by Crippen LogP contribution is -2.14. The smallest absolute Gasteiger partial charge is 0.250 e. The van der Waals surface area contributed by atoms with E-state index in [0.717, 1.165) is 6.42 Å². The quantitative estimate of drug-likeness (QED) is 0.564. The fraction of sp³-hybridized carbons (Fsp3) is 0.375. The SMILES string of the molecule is CCc1ccc(=O)n(C)c1. The summed E-state index contributed by atoms with van der Waals surface area (Å²) in [7, 11) is 1.77. The molecule has 2 heteroatoms. The highest BCUT2D eigenvalue weighted by Crippen LogP contribution is 1.93. The van der Waals surface area contributed by atoms with Crippen molar-refractivity contribution in [1.29, 1.82) is 0 Å². The Kier molecular flexibility index (Phi) is 1.90. The number of rotatable bonds is 1. The van der Waals surface area contributed by atoms with Gasteiger partial charge in [-0.2, -0.15) is 0 Å². The Morgan fingerprint density at radius 2 is 2.20 bits per heavy atom. The molecule has 0 amide bonds. The van der Waals surface area contributed by atoms with Crippen LogP contribution < -0.4 is 5.56 Å². The van der Waals surface area contributed by atoms with E-state index in [9.17, 15) is 4.79 Å². The Labute approximate surface area is 60.1 Å². The van der Waals surface area contributed by atoms with Crippen LogP contribution in [0.25, 0.3) is 0 Å². The fourth-order valence-electron chi connectivity index (χ4n) is 0.860. The van der Waals surface area contributed by atoms with E-state index in [2.05, 4.69) is 6.92 Å². The van der Waals surface area contributed by atoms with Crippen LogP contribution in [0.5, 0.6) is 0 Å². The van der Waals surface area contributed by atoms with Crippen molar-refractivity contribution in [2.45, 2.75) is 13.3 Å². The van der Waals surface area contributed by atoms with Crippen LogP contribution in [0, 0.1) is 0 Å². The highest BCUT2D eigenvalue weighted by atomic mass is 16.1. The lowest BCUT2D eigenvalue weighted by atomic mass is 10.2. The summed E-state index contributed by atoms with van der Waals surface area (Å²) in [6, 6.07) is 3.46. The fourth-order valence-corrected chi connectivity index (χ4v) is 0.860. The van der Waals surface area contributed by atoms with Gasteiger partial charge in [-0.1, -0.05) is 13.0 Å². The second kappa shape index (κ2) is 2.69. The third-order valence-electron chi connectivity index (χ3n) is 1.56. The van der Waals surface area contributed by atoms with Crippen LogP contribution in [-0.2, 0) is 13.5 Å². The number of hydrogen-bond donors (Lipinski definition) is 0. The van der Waals surface area contributed by atoms with Gasteiger partial charge in [-0.3, -0.25) is 4.79 Å². The predicted molar refractivity (Wildman–Crippen MR) is 41.1 cm³/mol. The van der Waals surface area contributed by atoms with Crippen LogP contribution in [0.4, 0.5) is 0 Å². The van der Waals surface area contributed by atoms with Gasteiger partial charge in [0.1, 0.15) is 0 Å². The summed E-state index contributed by atoms with van der Waals surface area (Å²) < 4.78 is 1.60. The van der Waals surface area contributed by atoms with E-state index in [1.807, 2.05) is 12.3 Å². The zero-order valence-corrected chi connectivity index (χ0v) is 6.29. The summed E-state index contributed by atoms with van der Waals surface area (Å²) >= 11 is 0. The van der Waals surface area contributed by atoms with Crippen LogP contribution >= 0.6 is 0 Å². The first-order chi connectivity index (χ1) is 4.74. The standard InChI is InChI=1S/C8H11NO/c1-3-7-4-5-8(10)9(2)6-7/h4-6H,3H2,1-2H3. The van der Waals surface area contributed by atoms with E-state index in [1.54, 1.807) is 17.7 Å². The molecule has 0 unspecified atom stereocenters. The number of aromatic nitrogens is 1. The van der Waals surface area contributed by atoms with Crippen molar-refractivity contribution >= 4 is 0 Å². The number of nitrogens with zero attached hydrogens (tertiary/aromatic N) is 1. The molecule has 54 valence electrons. The molecule has 0 radical (unpaired) electrons. The van der Waals surface area contributed by atoms with Gasteiger partial charge in [0, 0.05) is 19.3 Å². The molecule has 1 rings (SSSR count). The van der Waals surface area contributed by atoms with Crippen LogP contribution in [0.2, 0.25) is 0 Å². The monoisotopic (exact) mass is 137 g/mol. The molecule has 0 N–H and O–H groups in total. The molecule has 1 heterocycles. The second-order valence-corrected chi connectivity index (χ2v) is 2.34. The summed E-state index contributed by atoms with van der Waals surface area (Å²) in [6.45, 7) is 2.07. The van der Waals surface area contributed by atoms with Crippen molar-refractivity contribution < 1.29 is 0 Å². The van der Waals surface area contributed by atoms with E-state index < -0.39 is 0 Å². The Bertz CT molecular complexity index is 275. The van der Waals surface area contributed by atoms with E-state index in [4.69, 9.17) is 0 Å². The molecule has 0 atom stereocenters. The average molecular weight is 137 g/mol. The van der Waals surface area contributed by atoms with Gasteiger partial charge in [-0.15, -0.1) is 0 Å². The van der Waals surface area contributed by atoms with Crippen molar-refractivity contribution in [2.75, 3.05) is 0 Å². The van der Waals surface area contributed by atoms with Gasteiger partial charge in [-0.25, -0.2) is 0 Å². The van der Waals surface area contributed by atoms with Crippen molar-refractivity contribution in [1.82, 2.24) is 4.57 Å². The van der Waals surface area contributed by atoms with Crippen LogP contribution in [-0.4, -0.2) is 4.57 Å². The average Bonchev–Trinajstić information content (AvgIpc) is 1.95. The maximum absolute atomic E-state index is 10.9. The molecule has 0 aromatic carbocycles. The molecule has 0 fully saturated rings. The molecule has 0 bridgehead atoms. The van der Waals surface area contributed by atoms with Gasteiger partial charge < -0.3 is 4.57 Å². The minimum absolute atomic E-state index is 0.0530. The molecule has 10 heavy (non-hydrogen) atoms. The Hall–Kier alpha value is -1.05. The van der Waals surface area contributed by atoms with Crippen molar-refractivity contribution in [3.8, 4) is 0 Å². The van der Waals surface area contributed by atoms with Crippen LogP contribution in [0.1, 0.15) is 12.5 Å². The molecule has 0 aliphatic heterocycles. The molecule has 1 aromatic heterocycles. The first-order valence-corrected chi connectivity index (χ1v) is 3.39. The van der Waals surface area contributed by atoms with Crippen LogP contribution in [0.3, 0.4) is 0 Å². The topological polar surface area (TPSA) is 22.0 Å². The largest absolute Gasteiger partial charge is 0.318 e. The number of hydrogen-bond acceptors (Lipinski definition) is 1. The maximum atomic E-state index is 10.9. The van der Waals surface area contributed by atoms with E-state index >= 15 is 0 Å². The molecule has 0 saturated carbocycles. The molecule has 2 nitrogen and oxygen atoms in total. The van der Waals surface area contributed by atoms with E-state index in [-0.39, 0.29) is 5.56 Å². The first kappa shape index (κ1) is 7.06. The molecular weight excluding hydrogens is 126 g/mol. The summed E-state index contributed by atoms with van der Waals surface area (Å²) in [5.74, 6) is 0. The third-order valence-corrected chi connectivity index (χ3v) is 1.56. The predicted octanol–water partition coefficient (Wildman–Crippen LogP) is 0.948. The second-order valence-electron chi connectivity index (χ2n) is 2.34. The Morgan fingerprint density at radius 1 is 1.50 bits per heavy atom. The molecule has 0 aliphatic carbocycles. The highest BCUT2D eigenvalue weighted by Gasteiger charge is 1.90. The van der Waals surface area contributed by atoms with Crippen molar-refractivity contribution in [3.63, 3.8) is 0 Å². The minimum atomic E-state index is 0.0530. The lowest BCUT2D eigenvalue weighted by molar-refractivity contribution is 0.842. The van der Waals surface area contributed by atoms with Gasteiger partial charge in [-0.05, 0) is 12.0 Å². The van der Waals surface area contributed by atoms with Gasteiger partial charge in [0.05, 0.1) is 0 Å². The maximum Gasteiger partial charge on any atom is 0.250 e. The Morgan fingerprint density at radius 3 is 2.70 bits per heavy atom. The first-order valence-electron chi connectivity index (χ1n) is 3.39. The van der Waals surface area contributed by atoms with Crippen LogP contribution in [0.15, 0.2) is 23.1 Å². The summed E-state index contributed by atoms with van der Waals surface area (Å²) in [6.07, 6.45) is 2.84. The summed E-state index contributed by atoms with van der Waals surface area (Å²) in [4.78, 5) is 10.9. The number of pyridine rings is 1. The molecule has 1 aromatic rings. The zero-order chi connectivity index (χ0) is 7.56. The lowest BCUT2D eigenvalue weighted by Gasteiger charge is -1.98. The molecular formula is C8H11NO. The highest BCUT2D eigenvalue weighted by molar-refractivity contribution is 5.08. The molecule has 0 saturated heterocycles. The van der Waals surface area contributed by atoms with Gasteiger partial charge >= 0.3 is 0 Å². The van der Waals surface area contributed by atoms with Gasteiger partial charge in [0.15, 0.2) is 0 Å². The summed E-state index contributed by atoms with van der Waals surface area (Å²) in [5, 5.41) is 0. The van der Waals surface area contributed by atoms with E-state index in [0.29, 0.717) is 0 Å². The molecule has 0 aliphatic rings. The summed E-state index contributed by atoms with van der Waals surface area (Å²) in [5.41, 5.74) is 1.25. The van der Waals surface area contributed by atoms with Crippen molar-refractivity contribution in [3.05, 3.63) is 34.2 Å². The minimum Gasteiger partial charge on any atom is -0.318 e. The third kappa shape index (κ3) is 1.26. The number of aryl methyl sites for hydroxylation is 2. The Balaban J connectivity index is 3.17. The van der Waals surface area contributed by atoms with Gasteiger partial charge in [0.2, 0.25) is 5.56 Å². The van der Waals surface area contributed by atoms with Gasteiger partial charge in [0.25, 0.3) is 0 Å². The molecule has 0 spiro atoms. The van der Waals surface area contributed by atoms with E-state index in [1.165, 1.54) is 5.56 Å². The van der Waals surface area contributed by atoms with Crippen molar-refractivity contribution in [2.24, 2.45) is 7.05 Å². The normalized spacial score (nSPS) is 9.80. The zero-order valence-electron chi connectivity index (χ0n) is 6.29.